The quantitative estimate of drug-likeness (QED) is 0.759. The molecule has 2 fully saturated rings. The van der Waals surface area contributed by atoms with Gasteiger partial charge < -0.3 is 10.2 Å². The van der Waals surface area contributed by atoms with Crippen LogP contribution in [0.2, 0.25) is 0 Å². The van der Waals surface area contributed by atoms with E-state index >= 15 is 0 Å². The molecule has 0 atom stereocenters. The van der Waals surface area contributed by atoms with Gasteiger partial charge in [-0.2, -0.15) is 4.52 Å². The smallest absolute Gasteiger partial charge is 0.182 e. The molecule has 130 valence electrons. The highest BCUT2D eigenvalue weighted by Gasteiger charge is 2.29. The van der Waals surface area contributed by atoms with E-state index < -0.39 is 0 Å². The Hall–Kier alpha value is -2.22. The lowest BCUT2D eigenvalue weighted by atomic mass is 9.85. The Bertz CT molecular complexity index is 891. The number of aryl methyl sites for hydroxylation is 1. The Morgan fingerprint density at radius 3 is 2.84 bits per heavy atom. The topological polar surface area (TPSA) is 71.2 Å². The van der Waals surface area contributed by atoms with Crippen molar-refractivity contribution in [1.29, 1.82) is 0 Å². The fourth-order valence-electron chi connectivity index (χ4n) is 3.44. The summed E-state index contributed by atoms with van der Waals surface area (Å²) in [6, 6.07) is 4.09. The molecule has 0 aromatic carbocycles. The van der Waals surface area contributed by atoms with Gasteiger partial charge in [-0.25, -0.2) is 4.98 Å². The van der Waals surface area contributed by atoms with Gasteiger partial charge in [-0.15, -0.1) is 26.6 Å². The molecule has 0 spiro atoms. The fourth-order valence-corrected chi connectivity index (χ4v) is 4.14. The number of anilines is 2. The predicted octanol–water partition coefficient (Wildman–Crippen LogP) is 2.71. The van der Waals surface area contributed by atoms with Crippen molar-refractivity contribution in [2.75, 3.05) is 29.9 Å². The highest BCUT2D eigenvalue weighted by molar-refractivity contribution is 7.13. The number of nitrogens with one attached hydrogen (secondary N) is 1. The molecule has 1 saturated heterocycles. The lowest BCUT2D eigenvalue weighted by molar-refractivity contribution is 0.393. The Balaban J connectivity index is 1.24. The highest BCUT2D eigenvalue weighted by atomic mass is 32.1. The highest BCUT2D eigenvalue weighted by Crippen LogP contribution is 2.35. The Morgan fingerprint density at radius 1 is 1.24 bits per heavy atom. The molecule has 1 aliphatic carbocycles. The maximum atomic E-state index is 4.80. The lowest BCUT2D eigenvalue weighted by Crippen LogP contribution is -2.50. The van der Waals surface area contributed by atoms with E-state index in [1.54, 1.807) is 11.3 Å². The lowest BCUT2D eigenvalue weighted by Gasteiger charge is -2.40. The second kappa shape index (κ2) is 5.94. The van der Waals surface area contributed by atoms with Gasteiger partial charge in [-0.05, 0) is 31.9 Å². The number of thiazole rings is 1. The van der Waals surface area contributed by atoms with Gasteiger partial charge in [-0.1, -0.05) is 6.42 Å². The second-order valence-corrected chi connectivity index (χ2v) is 7.95. The first-order chi connectivity index (χ1) is 12.3. The summed E-state index contributed by atoms with van der Waals surface area (Å²) in [4.78, 5) is 6.77. The SMILES string of the molecule is Cc1csc(NCC2CN(c3ccc4nnc(C5CCC5)n4n3)C2)n1. The maximum absolute atomic E-state index is 4.80. The van der Waals surface area contributed by atoms with Crippen LogP contribution in [0.1, 0.15) is 36.7 Å². The average Bonchev–Trinajstić information content (AvgIpc) is 3.11. The first kappa shape index (κ1) is 15.1. The third-order valence-electron chi connectivity index (χ3n) is 5.19. The zero-order valence-electron chi connectivity index (χ0n) is 14.2. The molecular formula is C17H21N7S. The van der Waals surface area contributed by atoms with Crippen LogP contribution in [0.15, 0.2) is 17.5 Å². The number of rotatable bonds is 5. The first-order valence-electron chi connectivity index (χ1n) is 8.89. The van der Waals surface area contributed by atoms with Crippen LogP contribution in [0.25, 0.3) is 5.65 Å². The zero-order valence-corrected chi connectivity index (χ0v) is 15.0. The number of fused-ring (bicyclic) bond motifs is 1. The molecule has 2 aliphatic rings. The number of nitrogens with zero attached hydrogens (tertiary/aromatic N) is 6. The van der Waals surface area contributed by atoms with E-state index in [0.29, 0.717) is 11.8 Å². The van der Waals surface area contributed by atoms with Crippen molar-refractivity contribution in [2.24, 2.45) is 5.92 Å². The summed E-state index contributed by atoms with van der Waals surface area (Å²) < 4.78 is 1.95. The van der Waals surface area contributed by atoms with Gasteiger partial charge in [0.05, 0.1) is 5.69 Å². The predicted molar refractivity (Wildman–Crippen MR) is 98.4 cm³/mol. The minimum atomic E-state index is 0.535. The van der Waals surface area contributed by atoms with Gasteiger partial charge >= 0.3 is 0 Å². The van der Waals surface area contributed by atoms with Gasteiger partial charge in [0.15, 0.2) is 16.6 Å². The van der Waals surface area contributed by atoms with E-state index in [2.05, 4.69) is 36.8 Å². The van der Waals surface area contributed by atoms with E-state index in [9.17, 15) is 0 Å². The molecule has 4 heterocycles. The molecule has 1 saturated carbocycles. The third kappa shape index (κ3) is 2.74. The fraction of sp³-hybridized carbons (Fsp3) is 0.529. The molecule has 0 bridgehead atoms. The van der Waals surface area contributed by atoms with E-state index in [-0.39, 0.29) is 0 Å². The van der Waals surface area contributed by atoms with Crippen molar-refractivity contribution in [1.82, 2.24) is 24.8 Å². The normalized spacial score (nSPS) is 18.4. The Labute approximate surface area is 150 Å². The standard InChI is InChI=1S/C17H21N7S/c1-11-10-25-17(19-11)18-7-12-8-23(9-12)15-6-5-14-20-21-16(24(14)22-15)13-3-2-4-13/h5-6,10,12-13H,2-4,7-9H2,1H3,(H,18,19). The van der Waals surface area contributed by atoms with Crippen molar-refractivity contribution in [2.45, 2.75) is 32.1 Å². The summed E-state index contributed by atoms with van der Waals surface area (Å²) in [5.74, 6) is 3.22. The number of aromatic nitrogens is 5. The van der Waals surface area contributed by atoms with E-state index in [0.717, 1.165) is 47.7 Å². The molecule has 8 heteroatoms. The molecule has 5 rings (SSSR count). The van der Waals surface area contributed by atoms with Gasteiger partial charge in [0.1, 0.15) is 5.82 Å². The van der Waals surface area contributed by atoms with Crippen molar-refractivity contribution in [3.63, 3.8) is 0 Å². The average molecular weight is 355 g/mol. The summed E-state index contributed by atoms with van der Waals surface area (Å²) in [6.07, 6.45) is 3.71. The number of hydrogen-bond donors (Lipinski definition) is 1. The minimum absolute atomic E-state index is 0.535. The van der Waals surface area contributed by atoms with Gasteiger partial charge in [0.2, 0.25) is 0 Å². The van der Waals surface area contributed by atoms with Crippen LogP contribution >= 0.6 is 11.3 Å². The van der Waals surface area contributed by atoms with Gasteiger partial charge in [-0.3, -0.25) is 0 Å². The molecule has 1 N–H and O–H groups in total. The summed E-state index contributed by atoms with van der Waals surface area (Å²) in [7, 11) is 0. The van der Waals surface area contributed by atoms with Crippen LogP contribution in [0.3, 0.4) is 0 Å². The van der Waals surface area contributed by atoms with E-state index in [4.69, 9.17) is 5.10 Å². The number of hydrogen-bond acceptors (Lipinski definition) is 7. The van der Waals surface area contributed by atoms with Crippen LogP contribution < -0.4 is 10.2 Å². The third-order valence-corrected chi connectivity index (χ3v) is 6.10. The Morgan fingerprint density at radius 2 is 2.12 bits per heavy atom. The first-order valence-corrected chi connectivity index (χ1v) is 9.77. The molecule has 3 aromatic heterocycles. The van der Waals surface area contributed by atoms with Crippen LogP contribution in [0, 0.1) is 12.8 Å². The molecule has 3 aromatic rings. The summed E-state index contributed by atoms with van der Waals surface area (Å²) in [6.45, 7) is 5.04. The molecule has 7 nitrogen and oxygen atoms in total. The summed E-state index contributed by atoms with van der Waals surface area (Å²) >= 11 is 1.67. The Kier molecular flexibility index (Phi) is 3.58. The summed E-state index contributed by atoms with van der Waals surface area (Å²) in [5, 5.41) is 20.0. The minimum Gasteiger partial charge on any atom is -0.361 e. The van der Waals surface area contributed by atoms with Crippen molar-refractivity contribution < 1.29 is 0 Å². The molecular weight excluding hydrogens is 334 g/mol. The van der Waals surface area contributed by atoms with Crippen LogP contribution in [-0.4, -0.2) is 44.4 Å². The van der Waals surface area contributed by atoms with Crippen molar-refractivity contribution >= 4 is 27.9 Å². The molecule has 25 heavy (non-hydrogen) atoms. The van der Waals surface area contributed by atoms with Crippen molar-refractivity contribution in [3.8, 4) is 0 Å². The molecule has 1 aliphatic heterocycles. The van der Waals surface area contributed by atoms with Gasteiger partial charge in [0.25, 0.3) is 0 Å². The van der Waals surface area contributed by atoms with Crippen LogP contribution in [0.5, 0.6) is 0 Å². The van der Waals surface area contributed by atoms with Crippen LogP contribution in [-0.2, 0) is 0 Å². The monoisotopic (exact) mass is 355 g/mol. The molecule has 0 amide bonds. The molecule has 0 unspecified atom stereocenters. The maximum Gasteiger partial charge on any atom is 0.182 e. The van der Waals surface area contributed by atoms with E-state index in [1.165, 1.54) is 19.3 Å². The largest absolute Gasteiger partial charge is 0.361 e. The van der Waals surface area contributed by atoms with Crippen LogP contribution in [0.4, 0.5) is 10.9 Å². The molecule has 0 radical (unpaired) electrons. The zero-order chi connectivity index (χ0) is 16.8. The van der Waals surface area contributed by atoms with Gasteiger partial charge in [0, 0.05) is 36.9 Å². The van der Waals surface area contributed by atoms with Crippen molar-refractivity contribution in [3.05, 3.63) is 29.0 Å². The second-order valence-electron chi connectivity index (χ2n) is 7.09. The summed E-state index contributed by atoms with van der Waals surface area (Å²) in [5.41, 5.74) is 1.93. The van der Waals surface area contributed by atoms with E-state index in [1.807, 2.05) is 17.5 Å².